The van der Waals surface area contributed by atoms with E-state index in [0.717, 1.165) is 0 Å². The highest BCUT2D eigenvalue weighted by molar-refractivity contribution is 6.42. The minimum atomic E-state index is -0.828. The average molecular weight is 316 g/mol. The van der Waals surface area contributed by atoms with Crippen LogP contribution in [0.25, 0.3) is 0 Å². The van der Waals surface area contributed by atoms with Crippen LogP contribution in [0, 0.1) is 18.6 Å². The van der Waals surface area contributed by atoms with E-state index >= 15 is 0 Å². The molecule has 0 spiro atoms. The van der Waals surface area contributed by atoms with E-state index in [0.29, 0.717) is 21.2 Å². The molecule has 0 saturated carbocycles. The first-order chi connectivity index (χ1) is 9.41. The van der Waals surface area contributed by atoms with Gasteiger partial charge in [-0.15, -0.1) is 0 Å². The predicted octanol–water partition coefficient (Wildman–Crippen LogP) is 4.82. The SMILES string of the molecule is Cc1ccc(F)c(C(N)Cc2cccc(Cl)c2Cl)c1F. The van der Waals surface area contributed by atoms with Crippen LogP contribution in [-0.4, -0.2) is 0 Å². The number of nitrogens with two attached hydrogens (primary N) is 1. The summed E-state index contributed by atoms with van der Waals surface area (Å²) in [5.74, 6) is -1.27. The van der Waals surface area contributed by atoms with Crippen molar-refractivity contribution < 1.29 is 8.78 Å². The number of rotatable bonds is 3. The Morgan fingerprint density at radius 3 is 2.55 bits per heavy atom. The van der Waals surface area contributed by atoms with Gasteiger partial charge >= 0.3 is 0 Å². The van der Waals surface area contributed by atoms with Gasteiger partial charge in [0, 0.05) is 11.6 Å². The minimum Gasteiger partial charge on any atom is -0.323 e. The van der Waals surface area contributed by atoms with E-state index < -0.39 is 17.7 Å². The van der Waals surface area contributed by atoms with Crippen LogP contribution in [0.5, 0.6) is 0 Å². The first kappa shape index (κ1) is 15.2. The summed E-state index contributed by atoms with van der Waals surface area (Å²) < 4.78 is 27.8. The second-order valence-corrected chi connectivity index (χ2v) is 5.40. The number of halogens is 4. The number of aryl methyl sites for hydroxylation is 1. The van der Waals surface area contributed by atoms with Gasteiger partial charge in [0.2, 0.25) is 0 Å². The molecule has 2 N–H and O–H groups in total. The van der Waals surface area contributed by atoms with Gasteiger partial charge < -0.3 is 5.73 Å². The van der Waals surface area contributed by atoms with Gasteiger partial charge in [-0.05, 0) is 36.6 Å². The molecule has 2 rings (SSSR count). The lowest BCUT2D eigenvalue weighted by atomic mass is 9.97. The molecular formula is C15H13Cl2F2N. The summed E-state index contributed by atoms with van der Waals surface area (Å²) in [6.45, 7) is 1.57. The molecule has 0 aliphatic rings. The molecule has 1 unspecified atom stereocenters. The lowest BCUT2D eigenvalue weighted by Crippen LogP contribution is -2.17. The van der Waals surface area contributed by atoms with Crippen molar-refractivity contribution in [3.05, 3.63) is 68.7 Å². The quantitative estimate of drug-likeness (QED) is 0.863. The van der Waals surface area contributed by atoms with Crippen molar-refractivity contribution in [3.63, 3.8) is 0 Å². The van der Waals surface area contributed by atoms with Gasteiger partial charge in [-0.3, -0.25) is 0 Å². The maximum atomic E-state index is 14.0. The third-order valence-corrected chi connectivity index (χ3v) is 4.02. The molecule has 5 heteroatoms. The summed E-state index contributed by atoms with van der Waals surface area (Å²) >= 11 is 12.0. The van der Waals surface area contributed by atoms with E-state index in [1.54, 1.807) is 25.1 Å². The Morgan fingerprint density at radius 1 is 1.15 bits per heavy atom. The summed E-state index contributed by atoms with van der Waals surface area (Å²) in [4.78, 5) is 0. The number of hydrogen-bond donors (Lipinski definition) is 1. The van der Waals surface area contributed by atoms with Crippen molar-refractivity contribution in [2.75, 3.05) is 0 Å². The third-order valence-electron chi connectivity index (χ3n) is 3.16. The van der Waals surface area contributed by atoms with Crippen LogP contribution in [0.3, 0.4) is 0 Å². The molecule has 0 radical (unpaired) electrons. The van der Waals surface area contributed by atoms with Crippen molar-refractivity contribution in [2.45, 2.75) is 19.4 Å². The summed E-state index contributed by atoms with van der Waals surface area (Å²) in [5, 5.41) is 0.750. The monoisotopic (exact) mass is 315 g/mol. The molecule has 1 atom stereocenters. The largest absolute Gasteiger partial charge is 0.323 e. The van der Waals surface area contributed by atoms with Gasteiger partial charge in [-0.2, -0.15) is 0 Å². The van der Waals surface area contributed by atoms with Crippen molar-refractivity contribution in [1.82, 2.24) is 0 Å². The molecule has 0 aromatic heterocycles. The zero-order valence-corrected chi connectivity index (χ0v) is 12.3. The smallest absolute Gasteiger partial charge is 0.133 e. The third kappa shape index (κ3) is 2.95. The Hall–Kier alpha value is -1.16. The van der Waals surface area contributed by atoms with Crippen LogP contribution in [-0.2, 0) is 6.42 Å². The zero-order chi connectivity index (χ0) is 14.9. The van der Waals surface area contributed by atoms with Crippen molar-refractivity contribution in [2.24, 2.45) is 5.73 Å². The maximum absolute atomic E-state index is 14.0. The van der Waals surface area contributed by atoms with Gasteiger partial charge in [0.15, 0.2) is 0 Å². The van der Waals surface area contributed by atoms with Gasteiger partial charge in [0.1, 0.15) is 11.6 Å². The molecule has 0 bridgehead atoms. The standard InChI is InChI=1S/C15H13Cl2F2N/c1-8-5-6-11(18)13(15(8)19)12(20)7-9-3-2-4-10(16)14(9)17/h2-6,12H,7,20H2,1H3. The fraction of sp³-hybridized carbons (Fsp3) is 0.200. The fourth-order valence-corrected chi connectivity index (χ4v) is 2.46. The maximum Gasteiger partial charge on any atom is 0.133 e. The minimum absolute atomic E-state index is 0.124. The van der Waals surface area contributed by atoms with E-state index in [4.69, 9.17) is 28.9 Å². The van der Waals surface area contributed by atoms with E-state index in [-0.39, 0.29) is 12.0 Å². The second-order valence-electron chi connectivity index (χ2n) is 4.62. The Bertz CT molecular complexity index is 644. The Balaban J connectivity index is 2.36. The van der Waals surface area contributed by atoms with Crippen molar-refractivity contribution in [1.29, 1.82) is 0 Å². The number of hydrogen-bond acceptors (Lipinski definition) is 1. The number of benzene rings is 2. The molecule has 0 heterocycles. The molecule has 2 aromatic carbocycles. The molecule has 1 nitrogen and oxygen atoms in total. The van der Waals surface area contributed by atoms with E-state index in [1.807, 2.05) is 0 Å². The van der Waals surface area contributed by atoms with Crippen molar-refractivity contribution in [3.8, 4) is 0 Å². The van der Waals surface area contributed by atoms with E-state index in [1.165, 1.54) is 12.1 Å². The highest BCUT2D eigenvalue weighted by Gasteiger charge is 2.20. The Morgan fingerprint density at radius 2 is 1.85 bits per heavy atom. The van der Waals surface area contributed by atoms with Crippen LogP contribution in [0.15, 0.2) is 30.3 Å². The molecule has 0 aliphatic heterocycles. The van der Waals surface area contributed by atoms with Crippen LogP contribution in [0.4, 0.5) is 8.78 Å². The van der Waals surface area contributed by atoms with Gasteiger partial charge in [0.25, 0.3) is 0 Å². The Kier molecular flexibility index (Phi) is 4.63. The topological polar surface area (TPSA) is 26.0 Å². The van der Waals surface area contributed by atoms with Gasteiger partial charge in [0.05, 0.1) is 10.0 Å². The first-order valence-electron chi connectivity index (χ1n) is 6.04. The first-order valence-corrected chi connectivity index (χ1v) is 6.80. The second kappa shape index (κ2) is 6.08. The Labute approximate surface area is 126 Å². The van der Waals surface area contributed by atoms with Gasteiger partial charge in [-0.1, -0.05) is 41.4 Å². The van der Waals surface area contributed by atoms with E-state index in [2.05, 4.69) is 0 Å². The normalized spacial score (nSPS) is 12.5. The lowest BCUT2D eigenvalue weighted by Gasteiger charge is -2.16. The molecule has 0 amide bonds. The predicted molar refractivity (Wildman–Crippen MR) is 78.2 cm³/mol. The molecule has 0 saturated heterocycles. The summed E-state index contributed by atoms with van der Waals surface area (Å²) in [7, 11) is 0. The van der Waals surface area contributed by atoms with Crippen molar-refractivity contribution >= 4 is 23.2 Å². The van der Waals surface area contributed by atoms with Crippen LogP contribution in [0.2, 0.25) is 10.0 Å². The van der Waals surface area contributed by atoms with Crippen LogP contribution in [0.1, 0.15) is 22.7 Å². The molecule has 2 aromatic rings. The van der Waals surface area contributed by atoms with Gasteiger partial charge in [-0.25, -0.2) is 8.78 Å². The van der Waals surface area contributed by atoms with E-state index in [9.17, 15) is 8.78 Å². The fourth-order valence-electron chi connectivity index (χ4n) is 2.06. The molecule has 0 aliphatic carbocycles. The zero-order valence-electron chi connectivity index (χ0n) is 10.8. The average Bonchev–Trinajstić information content (AvgIpc) is 2.40. The highest BCUT2D eigenvalue weighted by atomic mass is 35.5. The molecule has 20 heavy (non-hydrogen) atoms. The summed E-state index contributed by atoms with van der Waals surface area (Å²) in [5.41, 5.74) is 6.83. The molecular weight excluding hydrogens is 303 g/mol. The lowest BCUT2D eigenvalue weighted by molar-refractivity contribution is 0.520. The van der Waals surface area contributed by atoms with Crippen LogP contribution < -0.4 is 5.73 Å². The molecule has 106 valence electrons. The van der Waals surface area contributed by atoms with Crippen LogP contribution >= 0.6 is 23.2 Å². The molecule has 0 fully saturated rings. The summed E-state index contributed by atoms with van der Waals surface area (Å²) in [6.07, 6.45) is 0.205. The summed E-state index contributed by atoms with van der Waals surface area (Å²) in [6, 6.07) is 6.87. The highest BCUT2D eigenvalue weighted by Crippen LogP contribution is 2.30.